The van der Waals surface area contributed by atoms with Gasteiger partial charge in [-0.25, -0.2) is 4.39 Å². The van der Waals surface area contributed by atoms with Gasteiger partial charge < -0.3 is 9.30 Å². The lowest BCUT2D eigenvalue weighted by molar-refractivity contribution is -0.143. The summed E-state index contributed by atoms with van der Waals surface area (Å²) >= 11 is 1.17. The average Bonchev–Trinajstić information content (AvgIpc) is 2.77. The van der Waals surface area contributed by atoms with Gasteiger partial charge in [-0.2, -0.15) is 4.99 Å². The van der Waals surface area contributed by atoms with Crippen molar-refractivity contribution in [2.45, 2.75) is 34.2 Å². The van der Waals surface area contributed by atoms with Crippen molar-refractivity contribution in [2.24, 2.45) is 10.4 Å². The zero-order chi connectivity index (χ0) is 17.2. The van der Waals surface area contributed by atoms with Gasteiger partial charge in [-0.15, -0.1) is 0 Å². The minimum absolute atomic E-state index is 0.189. The number of fused-ring (bicyclic) bond motifs is 1. The molecule has 0 saturated heterocycles. The molecule has 0 aliphatic heterocycles. The highest BCUT2D eigenvalue weighted by atomic mass is 32.1. The molecule has 0 aliphatic rings. The van der Waals surface area contributed by atoms with Gasteiger partial charge in [0.1, 0.15) is 12.4 Å². The maximum Gasteiger partial charge on any atom is 0.326 e. The Kier molecular flexibility index (Phi) is 4.99. The fourth-order valence-electron chi connectivity index (χ4n) is 1.91. The molecule has 0 radical (unpaired) electrons. The number of amides is 1. The van der Waals surface area contributed by atoms with E-state index in [1.807, 2.05) is 0 Å². The van der Waals surface area contributed by atoms with Gasteiger partial charge in [0.05, 0.1) is 16.8 Å². The SMILES string of the molecule is CCOC(=O)Cn1c(=NC(=O)C(C)(C)C)sc2cccc(F)c21. The molecule has 0 aliphatic carbocycles. The third kappa shape index (κ3) is 3.85. The van der Waals surface area contributed by atoms with Crippen molar-refractivity contribution in [2.75, 3.05) is 6.61 Å². The smallest absolute Gasteiger partial charge is 0.326 e. The highest BCUT2D eigenvalue weighted by Crippen LogP contribution is 2.21. The van der Waals surface area contributed by atoms with E-state index in [2.05, 4.69) is 4.99 Å². The maximum absolute atomic E-state index is 14.2. The van der Waals surface area contributed by atoms with E-state index in [4.69, 9.17) is 4.74 Å². The molecule has 2 aromatic rings. The number of aromatic nitrogens is 1. The average molecular weight is 338 g/mol. The number of halogens is 1. The third-order valence-corrected chi connectivity index (χ3v) is 4.13. The molecule has 0 fully saturated rings. The highest BCUT2D eigenvalue weighted by molar-refractivity contribution is 7.16. The van der Waals surface area contributed by atoms with Crippen molar-refractivity contribution in [1.29, 1.82) is 0 Å². The standard InChI is InChI=1S/C16H19FN2O3S/c1-5-22-12(20)9-19-13-10(17)7-6-8-11(13)23-15(19)18-14(21)16(2,3)4/h6-8H,5,9H2,1-4H3. The van der Waals surface area contributed by atoms with Crippen LogP contribution in [0.4, 0.5) is 4.39 Å². The quantitative estimate of drug-likeness (QED) is 0.809. The molecular formula is C16H19FN2O3S. The summed E-state index contributed by atoms with van der Waals surface area (Å²) in [6, 6.07) is 4.62. The van der Waals surface area contributed by atoms with Crippen molar-refractivity contribution in [3.8, 4) is 0 Å². The van der Waals surface area contributed by atoms with Gasteiger partial charge in [-0.3, -0.25) is 9.59 Å². The monoisotopic (exact) mass is 338 g/mol. The summed E-state index contributed by atoms with van der Waals surface area (Å²) in [6.45, 7) is 7.00. The number of benzene rings is 1. The van der Waals surface area contributed by atoms with Crippen LogP contribution < -0.4 is 4.80 Å². The van der Waals surface area contributed by atoms with Gasteiger partial charge in [0, 0.05) is 5.41 Å². The Morgan fingerprint density at radius 3 is 2.65 bits per heavy atom. The van der Waals surface area contributed by atoms with E-state index in [0.29, 0.717) is 4.70 Å². The van der Waals surface area contributed by atoms with E-state index in [1.165, 1.54) is 22.0 Å². The summed E-state index contributed by atoms with van der Waals surface area (Å²) in [4.78, 5) is 28.4. The van der Waals surface area contributed by atoms with Gasteiger partial charge in [-0.05, 0) is 19.1 Å². The molecule has 7 heteroatoms. The first-order valence-electron chi connectivity index (χ1n) is 7.26. The topological polar surface area (TPSA) is 60.7 Å². The number of carbonyl (C=O) groups is 2. The Balaban J connectivity index is 2.64. The fraction of sp³-hybridized carbons (Fsp3) is 0.438. The molecule has 0 unspecified atom stereocenters. The number of esters is 1. The normalized spacial score (nSPS) is 12.7. The van der Waals surface area contributed by atoms with Crippen LogP contribution in [0.25, 0.3) is 10.2 Å². The number of hydrogen-bond acceptors (Lipinski definition) is 4. The molecule has 1 aromatic carbocycles. The van der Waals surface area contributed by atoms with Crippen molar-refractivity contribution in [3.63, 3.8) is 0 Å². The van der Waals surface area contributed by atoms with E-state index >= 15 is 0 Å². The second-order valence-corrected chi connectivity index (χ2v) is 7.04. The predicted molar refractivity (Wildman–Crippen MR) is 86.4 cm³/mol. The Hall–Kier alpha value is -2.02. The molecule has 1 aromatic heterocycles. The van der Waals surface area contributed by atoms with Crippen LogP contribution in [0.3, 0.4) is 0 Å². The summed E-state index contributed by atoms with van der Waals surface area (Å²) in [5, 5.41) is 0. The zero-order valence-corrected chi connectivity index (χ0v) is 14.4. The zero-order valence-electron chi connectivity index (χ0n) is 13.6. The lowest BCUT2D eigenvalue weighted by Gasteiger charge is -2.12. The molecule has 0 atom stereocenters. The summed E-state index contributed by atoms with van der Waals surface area (Å²) in [5.41, 5.74) is -0.401. The van der Waals surface area contributed by atoms with Gasteiger partial charge >= 0.3 is 5.97 Å². The van der Waals surface area contributed by atoms with E-state index in [9.17, 15) is 14.0 Å². The molecule has 0 saturated carbocycles. The van der Waals surface area contributed by atoms with Crippen LogP contribution in [-0.4, -0.2) is 23.1 Å². The van der Waals surface area contributed by atoms with Gasteiger partial charge in [0.15, 0.2) is 4.80 Å². The number of ether oxygens (including phenoxy) is 1. The van der Waals surface area contributed by atoms with Crippen LogP contribution >= 0.6 is 11.3 Å². The first-order chi connectivity index (χ1) is 10.7. The molecule has 124 valence electrons. The molecule has 0 N–H and O–H groups in total. The van der Waals surface area contributed by atoms with E-state index < -0.39 is 17.2 Å². The minimum atomic E-state index is -0.656. The van der Waals surface area contributed by atoms with Crippen molar-refractivity contribution in [3.05, 3.63) is 28.8 Å². The van der Waals surface area contributed by atoms with Crippen LogP contribution in [0.15, 0.2) is 23.2 Å². The van der Waals surface area contributed by atoms with Crippen LogP contribution in [0, 0.1) is 11.2 Å². The van der Waals surface area contributed by atoms with E-state index in [0.717, 1.165) is 0 Å². The molecular weight excluding hydrogens is 319 g/mol. The Labute approximate surface area is 137 Å². The molecule has 5 nitrogen and oxygen atoms in total. The summed E-state index contributed by atoms with van der Waals surface area (Å²) < 4.78 is 21.1. The predicted octanol–water partition coefficient (Wildman–Crippen LogP) is 2.88. The van der Waals surface area contributed by atoms with Gasteiger partial charge in [0.25, 0.3) is 5.91 Å². The first-order valence-corrected chi connectivity index (χ1v) is 8.08. The Bertz CT molecular complexity index is 815. The highest BCUT2D eigenvalue weighted by Gasteiger charge is 2.22. The molecule has 0 bridgehead atoms. The second kappa shape index (κ2) is 6.62. The Morgan fingerprint density at radius 1 is 1.35 bits per heavy atom. The van der Waals surface area contributed by atoms with Crippen LogP contribution in [0.1, 0.15) is 27.7 Å². The van der Waals surface area contributed by atoms with Gasteiger partial charge in [0.2, 0.25) is 0 Å². The van der Waals surface area contributed by atoms with Crippen LogP contribution in [0.2, 0.25) is 0 Å². The third-order valence-electron chi connectivity index (χ3n) is 3.08. The van der Waals surface area contributed by atoms with Crippen molar-refractivity contribution < 1.29 is 18.7 Å². The summed E-state index contributed by atoms with van der Waals surface area (Å²) in [6.07, 6.45) is 0. The minimum Gasteiger partial charge on any atom is -0.465 e. The van der Waals surface area contributed by atoms with Crippen molar-refractivity contribution in [1.82, 2.24) is 4.57 Å². The van der Waals surface area contributed by atoms with Crippen LogP contribution in [0.5, 0.6) is 0 Å². The maximum atomic E-state index is 14.2. The van der Waals surface area contributed by atoms with Crippen molar-refractivity contribution >= 4 is 33.4 Å². The lowest BCUT2D eigenvalue weighted by atomic mass is 9.96. The van der Waals surface area contributed by atoms with Gasteiger partial charge in [-0.1, -0.05) is 38.2 Å². The number of rotatable bonds is 3. The molecule has 23 heavy (non-hydrogen) atoms. The number of hydrogen-bond donors (Lipinski definition) is 0. The molecule has 0 spiro atoms. The largest absolute Gasteiger partial charge is 0.465 e. The number of nitrogens with zero attached hydrogens (tertiary/aromatic N) is 2. The fourth-order valence-corrected chi connectivity index (χ4v) is 2.95. The number of carbonyl (C=O) groups excluding carboxylic acids is 2. The summed E-state index contributed by atoms with van der Waals surface area (Å²) in [5.74, 6) is -1.30. The van der Waals surface area contributed by atoms with E-state index in [-0.39, 0.29) is 29.4 Å². The first kappa shape index (κ1) is 17.3. The molecule has 1 heterocycles. The lowest BCUT2D eigenvalue weighted by Crippen LogP contribution is -2.26. The number of thiazole rings is 1. The number of para-hydroxylation sites is 1. The van der Waals surface area contributed by atoms with Crippen LogP contribution in [-0.2, 0) is 20.9 Å². The second-order valence-electron chi connectivity index (χ2n) is 6.03. The summed E-state index contributed by atoms with van der Waals surface area (Å²) in [7, 11) is 0. The van der Waals surface area contributed by atoms with E-state index in [1.54, 1.807) is 39.8 Å². The molecule has 2 rings (SSSR count). The Morgan fingerprint density at radius 2 is 2.04 bits per heavy atom. The molecule has 1 amide bonds.